The number of imide groups is 1. The fraction of sp³-hybridized carbons (Fsp3) is 0.133. The van der Waals surface area contributed by atoms with Crippen molar-refractivity contribution >= 4 is 23.4 Å². The van der Waals surface area contributed by atoms with E-state index in [-0.39, 0.29) is 11.5 Å². The van der Waals surface area contributed by atoms with Gasteiger partial charge in [0.25, 0.3) is 5.82 Å². The van der Waals surface area contributed by atoms with E-state index in [1.807, 2.05) is 5.32 Å². The Hall–Kier alpha value is -3.17. The molecule has 3 amide bonds. The lowest BCUT2D eigenvalue weighted by molar-refractivity contribution is -0.362. The lowest BCUT2D eigenvalue weighted by atomic mass is 10.1. The fourth-order valence-corrected chi connectivity index (χ4v) is 2.38. The maximum atomic E-state index is 13.7. The number of carbonyl (C=O) groups is 2. The third-order valence-electron chi connectivity index (χ3n) is 3.56. The third kappa shape index (κ3) is 2.75. The molecule has 25 heavy (non-hydrogen) atoms. The van der Waals surface area contributed by atoms with Gasteiger partial charge in [-0.1, -0.05) is 6.07 Å². The first-order chi connectivity index (χ1) is 11.7. The Bertz CT molecular complexity index is 811. The Morgan fingerprint density at radius 3 is 2.32 bits per heavy atom. The zero-order valence-electron chi connectivity index (χ0n) is 12.4. The Labute approximate surface area is 138 Å². The fourth-order valence-electron chi connectivity index (χ4n) is 2.38. The Kier molecular flexibility index (Phi) is 3.82. The molecule has 1 aliphatic rings. The topological polar surface area (TPSA) is 75.6 Å². The minimum absolute atomic E-state index is 0.130. The minimum Gasteiger partial charge on any atom is -0.280 e. The number of amides is 3. The summed E-state index contributed by atoms with van der Waals surface area (Å²) in [7, 11) is 0. The summed E-state index contributed by atoms with van der Waals surface area (Å²) in [6.07, 6.45) is -3.79. The zero-order chi connectivity index (χ0) is 18.2. The van der Waals surface area contributed by atoms with Crippen LogP contribution in [0.5, 0.6) is 0 Å². The van der Waals surface area contributed by atoms with Crippen molar-refractivity contribution in [1.29, 1.82) is 0 Å². The Morgan fingerprint density at radius 1 is 1.08 bits per heavy atom. The molecule has 1 saturated heterocycles. The van der Waals surface area contributed by atoms with Gasteiger partial charge in [-0.05, 0) is 30.3 Å². The van der Waals surface area contributed by atoms with Crippen LogP contribution in [-0.4, -0.2) is 23.8 Å². The number of benzene rings is 1. The summed E-state index contributed by atoms with van der Waals surface area (Å²) in [5.74, 6) is -2.36. The van der Waals surface area contributed by atoms with E-state index in [0.717, 1.165) is 24.3 Å². The van der Waals surface area contributed by atoms with Gasteiger partial charge in [-0.15, -0.1) is 0 Å². The number of aromatic nitrogens is 1. The molecule has 130 valence electrons. The van der Waals surface area contributed by atoms with Gasteiger partial charge in [-0.2, -0.15) is 13.2 Å². The Balaban J connectivity index is 2.04. The van der Waals surface area contributed by atoms with Crippen LogP contribution in [0.15, 0.2) is 48.7 Å². The van der Waals surface area contributed by atoms with Gasteiger partial charge in [-0.25, -0.2) is 24.4 Å². The van der Waals surface area contributed by atoms with Crippen molar-refractivity contribution in [3.63, 3.8) is 0 Å². The number of hydrogen-bond donors (Lipinski definition) is 2. The summed E-state index contributed by atoms with van der Waals surface area (Å²) < 4.78 is 54.0. The normalized spacial score (nSPS) is 20.6. The van der Waals surface area contributed by atoms with Crippen LogP contribution >= 0.6 is 0 Å². The molecule has 0 aliphatic carbocycles. The predicted octanol–water partition coefficient (Wildman–Crippen LogP) is 2.07. The number of H-pyrrole nitrogens is 1. The molecule has 3 rings (SSSR count). The Morgan fingerprint density at radius 2 is 1.76 bits per heavy atom. The average molecular weight is 355 g/mol. The predicted molar refractivity (Wildman–Crippen MR) is 77.8 cm³/mol. The highest BCUT2D eigenvalue weighted by molar-refractivity contribution is 6.24. The van der Waals surface area contributed by atoms with E-state index in [9.17, 15) is 27.2 Å². The molecule has 0 radical (unpaired) electrons. The molecule has 1 aromatic heterocycles. The monoisotopic (exact) mass is 355 g/mol. The standard InChI is InChI=1S/C15H10F4N4O2/c16-9-4-6-10(7-5-9)23-12(24)14(15(17,18)19,22-13(23)25)21-11-3-1-2-8-20-11/h1-8H,(H,20,21)(H,22,25)/p+1/t14-/m0/s1. The highest BCUT2D eigenvalue weighted by atomic mass is 19.4. The molecule has 0 bridgehead atoms. The molecule has 1 aromatic carbocycles. The summed E-state index contributed by atoms with van der Waals surface area (Å²) in [5, 5.41) is 3.66. The van der Waals surface area contributed by atoms with Gasteiger partial charge >= 0.3 is 23.8 Å². The zero-order valence-corrected chi connectivity index (χ0v) is 12.4. The third-order valence-corrected chi connectivity index (χ3v) is 3.56. The summed E-state index contributed by atoms with van der Waals surface area (Å²) in [6, 6.07) is 6.91. The molecule has 10 heteroatoms. The van der Waals surface area contributed by atoms with Crippen LogP contribution in [0.1, 0.15) is 0 Å². The highest BCUT2D eigenvalue weighted by Crippen LogP contribution is 2.37. The van der Waals surface area contributed by atoms with Crippen LogP contribution in [0.3, 0.4) is 0 Å². The summed E-state index contributed by atoms with van der Waals surface area (Å²) in [5.41, 5.74) is -3.54. The van der Waals surface area contributed by atoms with Crippen molar-refractivity contribution < 1.29 is 32.1 Å². The van der Waals surface area contributed by atoms with Crippen LogP contribution in [0.25, 0.3) is 0 Å². The number of halogens is 4. The van der Waals surface area contributed by atoms with Crippen LogP contribution < -0.4 is 20.5 Å². The van der Waals surface area contributed by atoms with E-state index in [1.165, 1.54) is 24.4 Å². The van der Waals surface area contributed by atoms with Crippen molar-refractivity contribution in [2.24, 2.45) is 0 Å². The number of rotatable bonds is 3. The summed E-state index contributed by atoms with van der Waals surface area (Å²) >= 11 is 0. The second-order valence-corrected chi connectivity index (χ2v) is 5.20. The maximum absolute atomic E-state index is 13.7. The quantitative estimate of drug-likeness (QED) is 0.654. The van der Waals surface area contributed by atoms with Gasteiger partial charge in [0.2, 0.25) is 0 Å². The summed E-state index contributed by atoms with van der Waals surface area (Å²) in [6.45, 7) is 0. The van der Waals surface area contributed by atoms with Crippen LogP contribution in [0.4, 0.5) is 33.9 Å². The minimum atomic E-state index is -5.14. The molecule has 0 unspecified atom stereocenters. The van der Waals surface area contributed by atoms with Gasteiger partial charge in [0.15, 0.2) is 0 Å². The molecule has 1 fully saturated rings. The molecular formula is C15H11F4N4O2+. The number of hydrogen-bond acceptors (Lipinski definition) is 3. The van der Waals surface area contributed by atoms with Crippen molar-refractivity contribution in [1.82, 2.24) is 5.32 Å². The molecule has 2 heterocycles. The molecule has 1 aliphatic heterocycles. The van der Waals surface area contributed by atoms with Gasteiger partial charge in [0.05, 0.1) is 11.9 Å². The van der Waals surface area contributed by atoms with E-state index in [4.69, 9.17) is 0 Å². The van der Waals surface area contributed by atoms with Gasteiger partial charge in [-0.3, -0.25) is 10.1 Å². The largest absolute Gasteiger partial charge is 0.462 e. The number of nitrogens with one attached hydrogen (secondary N) is 3. The highest BCUT2D eigenvalue weighted by Gasteiger charge is 2.72. The lowest BCUT2D eigenvalue weighted by Gasteiger charge is -2.25. The van der Waals surface area contributed by atoms with Crippen LogP contribution in [0.2, 0.25) is 0 Å². The van der Waals surface area contributed by atoms with Crippen molar-refractivity contribution in [2.75, 3.05) is 10.2 Å². The molecule has 3 N–H and O–H groups in total. The number of alkyl halides is 3. The van der Waals surface area contributed by atoms with E-state index < -0.39 is 29.6 Å². The van der Waals surface area contributed by atoms with Gasteiger partial charge in [0.1, 0.15) is 5.82 Å². The summed E-state index contributed by atoms with van der Waals surface area (Å²) in [4.78, 5) is 27.4. The maximum Gasteiger partial charge on any atom is 0.462 e. The van der Waals surface area contributed by atoms with Crippen molar-refractivity contribution in [3.05, 3.63) is 54.5 Å². The van der Waals surface area contributed by atoms with E-state index in [0.29, 0.717) is 4.90 Å². The van der Waals surface area contributed by atoms with E-state index >= 15 is 0 Å². The molecule has 1 atom stereocenters. The first kappa shape index (κ1) is 16.7. The SMILES string of the molecule is O=C1N[C@](Nc2cccc[nH+]2)(C(F)(F)F)C(=O)N1c1ccc(F)cc1. The van der Waals surface area contributed by atoms with Crippen LogP contribution in [0, 0.1) is 5.82 Å². The smallest absolute Gasteiger partial charge is 0.280 e. The molecule has 2 aromatic rings. The second kappa shape index (κ2) is 5.72. The number of anilines is 2. The first-order valence-corrected chi connectivity index (χ1v) is 6.98. The van der Waals surface area contributed by atoms with Crippen LogP contribution in [-0.2, 0) is 4.79 Å². The number of carbonyl (C=O) groups excluding carboxylic acids is 2. The number of pyridine rings is 1. The molecule has 0 saturated carbocycles. The average Bonchev–Trinajstić information content (AvgIpc) is 2.81. The second-order valence-electron chi connectivity index (χ2n) is 5.20. The van der Waals surface area contributed by atoms with Gasteiger partial charge in [0, 0.05) is 6.07 Å². The molecular weight excluding hydrogens is 344 g/mol. The number of nitrogens with zero attached hydrogens (tertiary/aromatic N) is 1. The number of aromatic amines is 1. The van der Waals surface area contributed by atoms with E-state index in [2.05, 4.69) is 4.98 Å². The lowest BCUT2D eigenvalue weighted by Crippen LogP contribution is -2.64. The van der Waals surface area contributed by atoms with Gasteiger partial charge < -0.3 is 0 Å². The molecule has 0 spiro atoms. The van der Waals surface area contributed by atoms with Crippen molar-refractivity contribution in [2.45, 2.75) is 11.8 Å². The number of urea groups is 1. The first-order valence-electron chi connectivity index (χ1n) is 6.98. The van der Waals surface area contributed by atoms with Crippen molar-refractivity contribution in [3.8, 4) is 0 Å². The van der Waals surface area contributed by atoms with E-state index in [1.54, 1.807) is 5.32 Å². The molecule has 6 nitrogen and oxygen atoms in total.